The second-order valence-corrected chi connectivity index (χ2v) is 7.67. The van der Waals surface area contributed by atoms with Gasteiger partial charge in [0.15, 0.2) is 0 Å². The standard InChI is InChI=1S/C24H14OS/c1-2-4-16-12-23-21(9-15(16)3-1)13-22(25-23)18-6-5-17-14-24-19(7-8-26-24)11-20(17)10-18/h1-14H. The fourth-order valence-corrected chi connectivity index (χ4v) is 4.55. The highest BCUT2D eigenvalue weighted by Gasteiger charge is 2.09. The van der Waals surface area contributed by atoms with Crippen LogP contribution < -0.4 is 0 Å². The van der Waals surface area contributed by atoms with Crippen LogP contribution in [0.1, 0.15) is 0 Å². The Kier molecular flexibility index (Phi) is 2.82. The van der Waals surface area contributed by atoms with Crippen LogP contribution >= 0.6 is 11.3 Å². The number of hydrogen-bond donors (Lipinski definition) is 0. The first-order valence-electron chi connectivity index (χ1n) is 8.67. The van der Waals surface area contributed by atoms with Crippen LogP contribution in [0, 0.1) is 0 Å². The zero-order chi connectivity index (χ0) is 17.1. The molecule has 0 atom stereocenters. The third-order valence-electron chi connectivity index (χ3n) is 5.08. The predicted octanol–water partition coefficient (Wildman–Crippen LogP) is 7.62. The van der Waals surface area contributed by atoms with Gasteiger partial charge >= 0.3 is 0 Å². The molecule has 2 aromatic heterocycles. The predicted molar refractivity (Wildman–Crippen MR) is 112 cm³/mol. The minimum atomic E-state index is 0.919. The van der Waals surface area contributed by atoms with E-state index in [4.69, 9.17) is 4.42 Å². The van der Waals surface area contributed by atoms with Crippen molar-refractivity contribution in [3.63, 3.8) is 0 Å². The van der Waals surface area contributed by atoms with Crippen molar-refractivity contribution in [3.8, 4) is 11.3 Å². The molecule has 0 aliphatic carbocycles. The molecular formula is C24H14OS. The average Bonchev–Trinajstić information content (AvgIpc) is 3.29. The topological polar surface area (TPSA) is 13.1 Å². The van der Waals surface area contributed by atoms with E-state index in [1.165, 1.54) is 31.6 Å². The van der Waals surface area contributed by atoms with Crippen molar-refractivity contribution in [1.82, 2.24) is 0 Å². The lowest BCUT2D eigenvalue weighted by Gasteiger charge is -2.02. The average molecular weight is 350 g/mol. The van der Waals surface area contributed by atoms with Gasteiger partial charge in [0, 0.05) is 15.6 Å². The molecule has 0 amide bonds. The number of rotatable bonds is 1. The summed E-state index contributed by atoms with van der Waals surface area (Å²) in [6.07, 6.45) is 0. The van der Waals surface area contributed by atoms with E-state index in [0.717, 1.165) is 22.3 Å². The fraction of sp³-hybridized carbons (Fsp3) is 0. The van der Waals surface area contributed by atoms with Crippen LogP contribution in [0.25, 0.3) is 53.9 Å². The van der Waals surface area contributed by atoms with E-state index in [2.05, 4.69) is 84.2 Å². The summed E-state index contributed by atoms with van der Waals surface area (Å²) in [5.41, 5.74) is 2.06. The number of hydrogen-bond acceptors (Lipinski definition) is 2. The Morgan fingerprint density at radius 3 is 2.31 bits per heavy atom. The van der Waals surface area contributed by atoms with E-state index in [0.29, 0.717) is 0 Å². The number of thiophene rings is 1. The summed E-state index contributed by atoms with van der Waals surface area (Å²) in [5, 5.41) is 9.56. The molecule has 0 unspecified atom stereocenters. The van der Waals surface area contributed by atoms with Gasteiger partial charge < -0.3 is 4.42 Å². The van der Waals surface area contributed by atoms with Crippen molar-refractivity contribution in [1.29, 1.82) is 0 Å². The molecule has 0 bridgehead atoms. The van der Waals surface area contributed by atoms with Crippen molar-refractivity contribution in [3.05, 3.63) is 84.2 Å². The summed E-state index contributed by atoms with van der Waals surface area (Å²) in [7, 11) is 0. The van der Waals surface area contributed by atoms with Crippen molar-refractivity contribution >= 4 is 53.9 Å². The van der Waals surface area contributed by atoms with Crippen LogP contribution in [-0.2, 0) is 0 Å². The lowest BCUT2D eigenvalue weighted by Crippen LogP contribution is -1.76. The molecular weight excluding hydrogens is 336 g/mol. The highest BCUT2D eigenvalue weighted by atomic mass is 32.1. The van der Waals surface area contributed by atoms with E-state index in [9.17, 15) is 0 Å². The van der Waals surface area contributed by atoms with Crippen LogP contribution in [0.5, 0.6) is 0 Å². The van der Waals surface area contributed by atoms with Crippen molar-refractivity contribution in [2.45, 2.75) is 0 Å². The highest BCUT2D eigenvalue weighted by molar-refractivity contribution is 7.17. The summed E-state index contributed by atoms with van der Waals surface area (Å²) < 4.78 is 7.52. The van der Waals surface area contributed by atoms with Gasteiger partial charge in [-0.05, 0) is 74.8 Å². The summed E-state index contributed by atoms with van der Waals surface area (Å²) >= 11 is 1.79. The van der Waals surface area contributed by atoms with Gasteiger partial charge in [0.25, 0.3) is 0 Å². The Labute approximate surface area is 154 Å². The summed E-state index contributed by atoms with van der Waals surface area (Å²) in [6.45, 7) is 0. The maximum Gasteiger partial charge on any atom is 0.135 e. The Morgan fingerprint density at radius 1 is 0.577 bits per heavy atom. The van der Waals surface area contributed by atoms with Gasteiger partial charge in [-0.25, -0.2) is 0 Å². The first-order valence-corrected chi connectivity index (χ1v) is 9.55. The first-order chi connectivity index (χ1) is 12.8. The molecule has 4 aromatic carbocycles. The molecule has 0 saturated heterocycles. The van der Waals surface area contributed by atoms with Crippen molar-refractivity contribution < 1.29 is 4.42 Å². The molecule has 6 rings (SSSR count). The summed E-state index contributed by atoms with van der Waals surface area (Å²) in [5.74, 6) is 0.919. The quantitative estimate of drug-likeness (QED) is 0.297. The monoisotopic (exact) mass is 350 g/mol. The van der Waals surface area contributed by atoms with E-state index >= 15 is 0 Å². The molecule has 2 heteroatoms. The van der Waals surface area contributed by atoms with Gasteiger partial charge in [-0.3, -0.25) is 0 Å². The molecule has 0 aliphatic rings. The third kappa shape index (κ3) is 2.09. The van der Waals surface area contributed by atoms with Gasteiger partial charge in [0.05, 0.1) is 0 Å². The normalized spacial score (nSPS) is 11.8. The fourth-order valence-electron chi connectivity index (χ4n) is 3.73. The van der Waals surface area contributed by atoms with Gasteiger partial charge in [-0.2, -0.15) is 0 Å². The Balaban J connectivity index is 1.56. The molecule has 26 heavy (non-hydrogen) atoms. The number of furan rings is 1. The van der Waals surface area contributed by atoms with Gasteiger partial charge in [-0.1, -0.05) is 36.4 Å². The molecule has 0 spiro atoms. The van der Waals surface area contributed by atoms with Crippen molar-refractivity contribution in [2.75, 3.05) is 0 Å². The van der Waals surface area contributed by atoms with Crippen LogP contribution in [-0.4, -0.2) is 0 Å². The van der Waals surface area contributed by atoms with Gasteiger partial charge in [0.2, 0.25) is 0 Å². The van der Waals surface area contributed by atoms with Gasteiger partial charge in [0.1, 0.15) is 11.3 Å². The molecule has 6 aromatic rings. The Bertz CT molecular complexity index is 1380. The van der Waals surface area contributed by atoms with Crippen LogP contribution in [0.4, 0.5) is 0 Å². The van der Waals surface area contributed by atoms with Gasteiger partial charge in [-0.15, -0.1) is 11.3 Å². The van der Waals surface area contributed by atoms with E-state index < -0.39 is 0 Å². The van der Waals surface area contributed by atoms with E-state index in [1.807, 2.05) is 0 Å². The second kappa shape index (κ2) is 5.20. The van der Waals surface area contributed by atoms with Crippen LogP contribution in [0.15, 0.2) is 88.7 Å². The minimum Gasteiger partial charge on any atom is -0.456 e. The Hall–Kier alpha value is -3.10. The molecule has 122 valence electrons. The molecule has 0 radical (unpaired) electrons. The molecule has 0 aliphatic heterocycles. The molecule has 0 saturated carbocycles. The molecule has 1 nitrogen and oxygen atoms in total. The van der Waals surface area contributed by atoms with E-state index in [1.54, 1.807) is 11.3 Å². The number of benzene rings is 4. The van der Waals surface area contributed by atoms with Crippen LogP contribution in [0.2, 0.25) is 0 Å². The smallest absolute Gasteiger partial charge is 0.135 e. The lowest BCUT2D eigenvalue weighted by atomic mass is 10.0. The largest absolute Gasteiger partial charge is 0.456 e. The third-order valence-corrected chi connectivity index (χ3v) is 5.96. The maximum absolute atomic E-state index is 6.19. The summed E-state index contributed by atoms with van der Waals surface area (Å²) in [4.78, 5) is 0. The lowest BCUT2D eigenvalue weighted by molar-refractivity contribution is 0.632. The zero-order valence-electron chi connectivity index (χ0n) is 13.9. The highest BCUT2D eigenvalue weighted by Crippen LogP contribution is 2.34. The van der Waals surface area contributed by atoms with E-state index in [-0.39, 0.29) is 0 Å². The maximum atomic E-state index is 6.19. The first kappa shape index (κ1) is 14.1. The molecule has 0 fully saturated rings. The van der Waals surface area contributed by atoms with Crippen LogP contribution in [0.3, 0.4) is 0 Å². The Morgan fingerprint density at radius 2 is 1.38 bits per heavy atom. The molecule has 0 N–H and O–H groups in total. The zero-order valence-corrected chi connectivity index (χ0v) is 14.7. The number of fused-ring (bicyclic) bond motifs is 4. The SMILES string of the molecule is c1ccc2cc3oc(-c4ccc5cc6sccc6cc5c4)cc3cc2c1. The molecule has 2 heterocycles. The van der Waals surface area contributed by atoms with Crippen molar-refractivity contribution in [2.24, 2.45) is 0 Å². The summed E-state index contributed by atoms with van der Waals surface area (Å²) in [6, 6.07) is 28.2. The second-order valence-electron chi connectivity index (χ2n) is 6.72. The minimum absolute atomic E-state index is 0.919.